The first-order valence-corrected chi connectivity index (χ1v) is 10.5. The molecule has 1 aromatic heterocycles. The quantitative estimate of drug-likeness (QED) is 0.714. The first-order chi connectivity index (χ1) is 13.4. The van der Waals surface area contributed by atoms with Crippen molar-refractivity contribution in [3.63, 3.8) is 0 Å². The maximum absolute atomic E-state index is 13.0. The minimum atomic E-state index is -0.262. The summed E-state index contributed by atoms with van der Waals surface area (Å²) in [4.78, 5) is 27.0. The van der Waals surface area contributed by atoms with Gasteiger partial charge in [-0.2, -0.15) is 0 Å². The lowest BCUT2D eigenvalue weighted by Crippen LogP contribution is -2.39. The second-order valence-electron chi connectivity index (χ2n) is 6.93. The summed E-state index contributed by atoms with van der Waals surface area (Å²) >= 11 is 3.59. The molecule has 1 aliphatic rings. The fraction of sp³-hybridized carbons (Fsp3) is 0.429. The van der Waals surface area contributed by atoms with Crippen LogP contribution in [0.25, 0.3) is 16.6 Å². The predicted molar refractivity (Wildman–Crippen MR) is 116 cm³/mol. The Labute approximate surface area is 174 Å². The highest BCUT2D eigenvalue weighted by atomic mass is 79.9. The molecule has 0 fully saturated rings. The molecule has 1 unspecified atom stereocenters. The summed E-state index contributed by atoms with van der Waals surface area (Å²) in [5, 5.41) is 7.66. The van der Waals surface area contributed by atoms with Gasteiger partial charge in [-0.15, -0.1) is 0 Å². The van der Waals surface area contributed by atoms with Gasteiger partial charge in [0.25, 0.3) is 0 Å². The van der Waals surface area contributed by atoms with Crippen molar-refractivity contribution in [2.24, 2.45) is 5.92 Å². The standard InChI is InChI=1S/C21H27BrN4O2/c1-5-25(6-2)21(28)14(11-23-4)10-17-15-8-7-9-18-19(15)16(12-24-17)20(22)26(18)13(3)27/h7-10,14,23-24H,5-6,11-12H2,1-4H3/b17-10-. The topological polar surface area (TPSA) is 66.4 Å². The average molecular weight is 447 g/mol. The van der Waals surface area contributed by atoms with Crippen molar-refractivity contribution in [3.8, 4) is 0 Å². The molecule has 0 aliphatic carbocycles. The fourth-order valence-corrected chi connectivity index (χ4v) is 4.70. The van der Waals surface area contributed by atoms with Gasteiger partial charge < -0.3 is 15.5 Å². The van der Waals surface area contributed by atoms with E-state index in [1.165, 1.54) is 0 Å². The molecule has 150 valence electrons. The molecule has 28 heavy (non-hydrogen) atoms. The van der Waals surface area contributed by atoms with E-state index >= 15 is 0 Å². The van der Waals surface area contributed by atoms with Crippen LogP contribution in [-0.2, 0) is 11.3 Å². The number of rotatable bonds is 6. The Morgan fingerprint density at radius 2 is 2.07 bits per heavy atom. The number of nitrogens with one attached hydrogen (secondary N) is 2. The second-order valence-corrected chi connectivity index (χ2v) is 7.68. The lowest BCUT2D eigenvalue weighted by atomic mass is 9.96. The summed E-state index contributed by atoms with van der Waals surface area (Å²) in [6, 6.07) is 5.95. The Morgan fingerprint density at radius 1 is 1.36 bits per heavy atom. The van der Waals surface area contributed by atoms with Crippen LogP contribution in [0.4, 0.5) is 0 Å². The minimum Gasteiger partial charge on any atom is -0.381 e. The highest BCUT2D eigenvalue weighted by molar-refractivity contribution is 9.10. The van der Waals surface area contributed by atoms with Crippen LogP contribution in [0.1, 0.15) is 36.7 Å². The third-order valence-corrected chi connectivity index (χ3v) is 6.11. The van der Waals surface area contributed by atoms with Gasteiger partial charge in [0.05, 0.1) is 16.0 Å². The molecule has 1 amide bonds. The van der Waals surface area contributed by atoms with Crippen LogP contribution < -0.4 is 10.6 Å². The Morgan fingerprint density at radius 3 is 2.68 bits per heavy atom. The summed E-state index contributed by atoms with van der Waals surface area (Å²) in [7, 11) is 1.86. The minimum absolute atomic E-state index is 0.0301. The van der Waals surface area contributed by atoms with Crippen LogP contribution >= 0.6 is 15.9 Å². The monoisotopic (exact) mass is 446 g/mol. The molecular weight excluding hydrogens is 420 g/mol. The highest BCUT2D eigenvalue weighted by Gasteiger charge is 2.27. The molecule has 2 N–H and O–H groups in total. The van der Waals surface area contributed by atoms with E-state index in [0.717, 1.165) is 32.3 Å². The van der Waals surface area contributed by atoms with Gasteiger partial charge in [-0.05, 0) is 49.0 Å². The van der Waals surface area contributed by atoms with E-state index in [-0.39, 0.29) is 17.7 Å². The SMILES string of the molecule is CCN(CC)C(=O)C(/C=C1\NCc2c(Br)n(C(C)=O)c3cccc1c23)CNC. The van der Waals surface area contributed by atoms with Crippen LogP contribution in [0, 0.1) is 5.92 Å². The van der Waals surface area contributed by atoms with Gasteiger partial charge in [0.1, 0.15) is 0 Å². The summed E-state index contributed by atoms with van der Waals surface area (Å²) < 4.78 is 2.49. The molecule has 0 saturated carbocycles. The van der Waals surface area contributed by atoms with Crippen LogP contribution in [-0.4, -0.2) is 48.0 Å². The molecule has 0 saturated heterocycles. The number of carbonyl (C=O) groups excluding carboxylic acids is 2. The smallest absolute Gasteiger partial charge is 0.230 e. The Balaban J connectivity index is 2.11. The van der Waals surface area contributed by atoms with Crippen molar-refractivity contribution in [1.29, 1.82) is 0 Å². The first kappa shape index (κ1) is 20.6. The van der Waals surface area contributed by atoms with Crippen molar-refractivity contribution < 1.29 is 9.59 Å². The van der Waals surface area contributed by atoms with Gasteiger partial charge >= 0.3 is 0 Å². The van der Waals surface area contributed by atoms with E-state index in [9.17, 15) is 9.59 Å². The first-order valence-electron chi connectivity index (χ1n) is 9.66. The molecule has 1 atom stereocenters. The lowest BCUT2D eigenvalue weighted by molar-refractivity contribution is -0.133. The number of hydrogen-bond acceptors (Lipinski definition) is 4. The third-order valence-electron chi connectivity index (χ3n) is 5.28. The van der Waals surface area contributed by atoms with Gasteiger partial charge in [-0.1, -0.05) is 12.1 Å². The molecule has 0 spiro atoms. The summed E-state index contributed by atoms with van der Waals surface area (Å²) in [5.74, 6) is -0.172. The zero-order valence-corrected chi connectivity index (χ0v) is 18.4. The zero-order chi connectivity index (χ0) is 20.4. The van der Waals surface area contributed by atoms with E-state index in [0.29, 0.717) is 26.2 Å². The zero-order valence-electron chi connectivity index (χ0n) is 16.8. The normalized spacial score (nSPS) is 15.5. The highest BCUT2D eigenvalue weighted by Crippen LogP contribution is 2.38. The van der Waals surface area contributed by atoms with Gasteiger partial charge in [0, 0.05) is 55.3 Å². The fourth-order valence-electron chi connectivity index (χ4n) is 3.92. The molecule has 6 nitrogen and oxygen atoms in total. The van der Waals surface area contributed by atoms with Crippen LogP contribution in [0.15, 0.2) is 28.9 Å². The Bertz CT molecular complexity index is 944. The van der Waals surface area contributed by atoms with Crippen molar-refractivity contribution in [3.05, 3.63) is 40.0 Å². The van der Waals surface area contributed by atoms with E-state index in [1.807, 2.05) is 50.1 Å². The number of halogens is 1. The summed E-state index contributed by atoms with van der Waals surface area (Å²) in [5.41, 5.74) is 3.91. The number of aromatic nitrogens is 1. The van der Waals surface area contributed by atoms with Crippen LogP contribution in [0.5, 0.6) is 0 Å². The van der Waals surface area contributed by atoms with Gasteiger partial charge in [-0.25, -0.2) is 0 Å². The molecule has 0 bridgehead atoms. The van der Waals surface area contributed by atoms with Crippen LogP contribution in [0.3, 0.4) is 0 Å². The second kappa shape index (κ2) is 8.49. The Kier molecular flexibility index (Phi) is 6.25. The third kappa shape index (κ3) is 3.49. The van der Waals surface area contributed by atoms with Crippen molar-refractivity contribution in [2.45, 2.75) is 27.3 Å². The maximum Gasteiger partial charge on any atom is 0.230 e. The number of carbonyl (C=O) groups is 2. The molecule has 1 aromatic carbocycles. The van der Waals surface area contributed by atoms with E-state index in [2.05, 4.69) is 26.6 Å². The van der Waals surface area contributed by atoms with E-state index < -0.39 is 0 Å². The average Bonchev–Trinajstić information content (AvgIpc) is 2.97. The van der Waals surface area contributed by atoms with Gasteiger partial charge in [0.2, 0.25) is 11.8 Å². The molecule has 0 radical (unpaired) electrons. The number of hydrogen-bond donors (Lipinski definition) is 2. The van der Waals surface area contributed by atoms with E-state index in [1.54, 1.807) is 11.5 Å². The Hall–Kier alpha value is -2.12. The number of amides is 1. The van der Waals surface area contributed by atoms with Crippen molar-refractivity contribution >= 4 is 44.3 Å². The maximum atomic E-state index is 13.0. The predicted octanol–water partition coefficient (Wildman–Crippen LogP) is 3.21. The van der Waals surface area contributed by atoms with Crippen molar-refractivity contribution in [1.82, 2.24) is 20.1 Å². The summed E-state index contributed by atoms with van der Waals surface area (Å²) in [6.45, 7) is 8.13. The molecule has 2 heterocycles. The van der Waals surface area contributed by atoms with Crippen molar-refractivity contribution in [2.75, 3.05) is 26.7 Å². The number of benzene rings is 1. The molecular formula is C21H27BrN4O2. The molecule has 1 aliphatic heterocycles. The lowest BCUT2D eigenvalue weighted by Gasteiger charge is -2.25. The summed E-state index contributed by atoms with van der Waals surface area (Å²) in [6.07, 6.45) is 2.02. The van der Waals surface area contributed by atoms with Crippen LogP contribution in [0.2, 0.25) is 0 Å². The molecule has 2 aromatic rings. The number of nitrogens with zero attached hydrogens (tertiary/aromatic N) is 2. The van der Waals surface area contributed by atoms with Gasteiger partial charge in [-0.3, -0.25) is 14.2 Å². The van der Waals surface area contributed by atoms with Gasteiger partial charge in [0.15, 0.2) is 0 Å². The molecule has 7 heteroatoms. The van der Waals surface area contributed by atoms with E-state index in [4.69, 9.17) is 0 Å². The molecule has 3 rings (SSSR count). The largest absolute Gasteiger partial charge is 0.381 e.